The van der Waals surface area contributed by atoms with Gasteiger partial charge in [0.25, 0.3) is 5.91 Å². The molecule has 144 valence electrons. The Morgan fingerprint density at radius 1 is 1.00 bits per heavy atom. The zero-order valence-electron chi connectivity index (χ0n) is 15.6. The molecule has 0 fully saturated rings. The second-order valence-corrected chi connectivity index (χ2v) is 5.51. The number of carbonyl (C=O) groups excluding carboxylic acids is 2. The van der Waals surface area contributed by atoms with Crippen molar-refractivity contribution in [2.45, 2.75) is 12.5 Å². The summed E-state index contributed by atoms with van der Waals surface area (Å²) in [4.78, 5) is 28.4. The maximum atomic E-state index is 12.6. The van der Waals surface area contributed by atoms with Gasteiger partial charge in [-0.2, -0.15) is 0 Å². The van der Waals surface area contributed by atoms with E-state index >= 15 is 0 Å². The fourth-order valence-corrected chi connectivity index (χ4v) is 2.45. The first kappa shape index (κ1) is 20.0. The summed E-state index contributed by atoms with van der Waals surface area (Å²) in [6.45, 7) is 0. The van der Waals surface area contributed by atoms with Crippen LogP contribution < -0.4 is 19.5 Å². The molecule has 0 saturated carbocycles. The van der Waals surface area contributed by atoms with Crippen LogP contribution in [0.15, 0.2) is 36.5 Å². The van der Waals surface area contributed by atoms with Crippen molar-refractivity contribution in [2.75, 3.05) is 28.4 Å². The average Bonchev–Trinajstić information content (AvgIpc) is 2.72. The second-order valence-electron chi connectivity index (χ2n) is 5.51. The number of hydrogen-bond donors (Lipinski definition) is 1. The van der Waals surface area contributed by atoms with Crippen LogP contribution in [-0.4, -0.2) is 45.3 Å². The summed E-state index contributed by atoms with van der Waals surface area (Å²) in [5.41, 5.74) is 1.01. The van der Waals surface area contributed by atoms with E-state index in [1.807, 2.05) is 0 Å². The molecular weight excluding hydrogens is 352 g/mol. The molecule has 1 atom stereocenters. The number of amides is 1. The normalized spacial score (nSPS) is 11.3. The van der Waals surface area contributed by atoms with Crippen LogP contribution in [0.1, 0.15) is 28.4 Å². The van der Waals surface area contributed by atoms with Gasteiger partial charge in [0.05, 0.1) is 46.5 Å². The molecule has 0 unspecified atom stereocenters. The van der Waals surface area contributed by atoms with Crippen molar-refractivity contribution in [3.05, 3.63) is 47.7 Å². The number of hydrogen-bond acceptors (Lipinski definition) is 7. The van der Waals surface area contributed by atoms with Gasteiger partial charge in [-0.05, 0) is 23.8 Å². The Morgan fingerprint density at radius 3 is 2.30 bits per heavy atom. The summed E-state index contributed by atoms with van der Waals surface area (Å²) in [6.07, 6.45) is 1.36. The third-order valence-electron chi connectivity index (χ3n) is 3.92. The Bertz CT molecular complexity index is 791. The van der Waals surface area contributed by atoms with Crippen molar-refractivity contribution < 1.29 is 28.5 Å². The van der Waals surface area contributed by atoms with Crippen LogP contribution in [-0.2, 0) is 9.53 Å². The lowest BCUT2D eigenvalue weighted by atomic mass is 10.0. The highest BCUT2D eigenvalue weighted by molar-refractivity contribution is 5.94. The molecule has 1 N–H and O–H groups in total. The summed E-state index contributed by atoms with van der Waals surface area (Å²) < 4.78 is 20.2. The molecule has 0 aliphatic carbocycles. The topological polar surface area (TPSA) is 96.0 Å². The predicted molar refractivity (Wildman–Crippen MR) is 97.2 cm³/mol. The van der Waals surface area contributed by atoms with E-state index in [1.54, 1.807) is 30.3 Å². The number of ether oxygens (including phenoxy) is 4. The van der Waals surface area contributed by atoms with Crippen molar-refractivity contribution in [2.24, 2.45) is 0 Å². The van der Waals surface area contributed by atoms with Gasteiger partial charge in [-0.3, -0.25) is 9.59 Å². The maximum absolute atomic E-state index is 12.6. The minimum atomic E-state index is -0.619. The van der Waals surface area contributed by atoms with E-state index in [4.69, 9.17) is 18.9 Å². The van der Waals surface area contributed by atoms with Crippen LogP contribution in [0.5, 0.6) is 17.4 Å². The van der Waals surface area contributed by atoms with Crippen molar-refractivity contribution >= 4 is 11.9 Å². The first-order valence-corrected chi connectivity index (χ1v) is 8.12. The molecule has 2 aromatic rings. The molecule has 1 heterocycles. The number of esters is 1. The average molecular weight is 374 g/mol. The summed E-state index contributed by atoms with van der Waals surface area (Å²) in [7, 11) is 5.83. The van der Waals surface area contributed by atoms with Gasteiger partial charge in [-0.15, -0.1) is 0 Å². The number of benzene rings is 1. The lowest BCUT2D eigenvalue weighted by Gasteiger charge is -2.19. The van der Waals surface area contributed by atoms with E-state index in [2.05, 4.69) is 10.3 Å². The Morgan fingerprint density at radius 2 is 1.74 bits per heavy atom. The summed E-state index contributed by atoms with van der Waals surface area (Å²) in [6, 6.07) is 7.72. The highest BCUT2D eigenvalue weighted by Crippen LogP contribution is 2.31. The summed E-state index contributed by atoms with van der Waals surface area (Å²) in [5.74, 6) is 0.600. The Hall–Kier alpha value is -3.29. The third-order valence-corrected chi connectivity index (χ3v) is 3.92. The van der Waals surface area contributed by atoms with Crippen molar-refractivity contribution in [3.8, 4) is 17.4 Å². The van der Waals surface area contributed by atoms with E-state index in [1.165, 1.54) is 34.6 Å². The van der Waals surface area contributed by atoms with Gasteiger partial charge >= 0.3 is 5.97 Å². The molecule has 1 amide bonds. The van der Waals surface area contributed by atoms with Crippen LogP contribution in [0, 0.1) is 0 Å². The molecule has 0 aliphatic rings. The SMILES string of the molecule is COC(=O)C[C@H](NC(=O)c1ccc(OC)nc1)c1ccc(OC)c(OC)c1. The van der Waals surface area contributed by atoms with Gasteiger partial charge in [0.1, 0.15) is 0 Å². The first-order chi connectivity index (χ1) is 13.0. The molecule has 0 spiro atoms. The minimum Gasteiger partial charge on any atom is -0.493 e. The van der Waals surface area contributed by atoms with E-state index in [0.717, 1.165) is 0 Å². The molecule has 2 rings (SSSR count). The largest absolute Gasteiger partial charge is 0.493 e. The highest BCUT2D eigenvalue weighted by Gasteiger charge is 2.21. The third kappa shape index (κ3) is 5.10. The van der Waals surface area contributed by atoms with Crippen molar-refractivity contribution in [1.82, 2.24) is 10.3 Å². The molecule has 8 heteroatoms. The smallest absolute Gasteiger partial charge is 0.307 e. The van der Waals surface area contributed by atoms with Gasteiger partial charge in [0.2, 0.25) is 5.88 Å². The molecule has 1 aromatic heterocycles. The molecular formula is C19H22N2O6. The number of pyridine rings is 1. The zero-order valence-corrected chi connectivity index (χ0v) is 15.6. The molecule has 0 bridgehead atoms. The Balaban J connectivity index is 2.28. The van der Waals surface area contributed by atoms with Gasteiger partial charge in [-0.1, -0.05) is 6.07 Å². The van der Waals surface area contributed by atoms with E-state index in [0.29, 0.717) is 28.5 Å². The number of nitrogens with zero attached hydrogens (tertiary/aromatic N) is 1. The fraction of sp³-hybridized carbons (Fsp3) is 0.316. The lowest BCUT2D eigenvalue weighted by Crippen LogP contribution is -2.30. The fourth-order valence-electron chi connectivity index (χ4n) is 2.45. The van der Waals surface area contributed by atoms with Gasteiger partial charge < -0.3 is 24.3 Å². The van der Waals surface area contributed by atoms with Crippen molar-refractivity contribution in [3.63, 3.8) is 0 Å². The van der Waals surface area contributed by atoms with Gasteiger partial charge in [0.15, 0.2) is 11.5 Å². The Labute approximate surface area is 157 Å². The van der Waals surface area contributed by atoms with Crippen LogP contribution in [0.4, 0.5) is 0 Å². The van der Waals surface area contributed by atoms with Gasteiger partial charge in [0, 0.05) is 12.3 Å². The lowest BCUT2D eigenvalue weighted by molar-refractivity contribution is -0.141. The molecule has 8 nitrogen and oxygen atoms in total. The van der Waals surface area contributed by atoms with Crippen LogP contribution in [0.25, 0.3) is 0 Å². The molecule has 0 saturated heterocycles. The second kappa shape index (κ2) is 9.42. The van der Waals surface area contributed by atoms with Crippen LogP contribution in [0.2, 0.25) is 0 Å². The quantitative estimate of drug-likeness (QED) is 0.707. The van der Waals surface area contributed by atoms with E-state index < -0.39 is 12.0 Å². The monoisotopic (exact) mass is 374 g/mol. The standard InChI is InChI=1S/C19H22N2O6/c1-24-15-7-5-12(9-16(15)25-2)14(10-18(22)27-4)21-19(23)13-6-8-17(26-3)20-11-13/h5-9,11,14H,10H2,1-4H3,(H,21,23)/t14-/m0/s1. The number of aromatic nitrogens is 1. The number of nitrogens with one attached hydrogen (secondary N) is 1. The predicted octanol–water partition coefficient (Wildman–Crippen LogP) is 2.14. The van der Waals surface area contributed by atoms with Crippen molar-refractivity contribution in [1.29, 1.82) is 0 Å². The Kier molecular flexibility index (Phi) is 6.99. The number of methoxy groups -OCH3 is 4. The van der Waals surface area contributed by atoms with Crippen LogP contribution >= 0.6 is 0 Å². The zero-order chi connectivity index (χ0) is 19.8. The minimum absolute atomic E-state index is 0.0404. The molecule has 0 aliphatic heterocycles. The molecule has 0 radical (unpaired) electrons. The first-order valence-electron chi connectivity index (χ1n) is 8.12. The highest BCUT2D eigenvalue weighted by atomic mass is 16.5. The summed E-state index contributed by atoms with van der Waals surface area (Å²) >= 11 is 0. The molecule has 27 heavy (non-hydrogen) atoms. The molecule has 1 aromatic carbocycles. The number of rotatable bonds is 8. The van der Waals surface area contributed by atoms with E-state index in [9.17, 15) is 9.59 Å². The number of carbonyl (C=O) groups is 2. The summed E-state index contributed by atoms with van der Waals surface area (Å²) in [5, 5.41) is 2.82. The maximum Gasteiger partial charge on any atom is 0.307 e. The van der Waals surface area contributed by atoms with Crippen LogP contribution in [0.3, 0.4) is 0 Å². The van der Waals surface area contributed by atoms with E-state index in [-0.39, 0.29) is 12.3 Å². The van der Waals surface area contributed by atoms with Gasteiger partial charge in [-0.25, -0.2) is 4.98 Å².